The number of likely N-dealkylation sites (N-methyl/N-ethyl adjacent to an activating group) is 1. The summed E-state index contributed by atoms with van der Waals surface area (Å²) in [6.07, 6.45) is 0. The van der Waals surface area contributed by atoms with Crippen molar-refractivity contribution in [2.45, 2.75) is 6.92 Å². The Balaban J connectivity index is 1.86. The van der Waals surface area contributed by atoms with Gasteiger partial charge in [0, 0.05) is 17.7 Å². The molecule has 0 aromatic heterocycles. The maximum atomic E-state index is 12.3. The molecule has 0 unspecified atom stereocenters. The van der Waals surface area contributed by atoms with Crippen LogP contribution in [-0.4, -0.2) is 43.3 Å². The number of ketones is 1. The molecule has 7 heteroatoms. The summed E-state index contributed by atoms with van der Waals surface area (Å²) in [5.74, 6) is -1.75. The Kier molecular flexibility index (Phi) is 7.25. The smallest absolute Gasteiger partial charge is 0.338 e. The number of rotatable bonds is 8. The van der Waals surface area contributed by atoms with E-state index in [9.17, 15) is 19.2 Å². The van der Waals surface area contributed by atoms with Gasteiger partial charge in [0.1, 0.15) is 0 Å². The normalized spacial score (nSPS) is 9.96. The number of esters is 1. The summed E-state index contributed by atoms with van der Waals surface area (Å²) in [5.41, 5.74) is 1.21. The van der Waals surface area contributed by atoms with Gasteiger partial charge in [-0.15, -0.1) is 0 Å². The van der Waals surface area contributed by atoms with Gasteiger partial charge in [0.25, 0.3) is 5.91 Å². The fraction of sp³-hybridized carbons (Fsp3) is 0.200. The van der Waals surface area contributed by atoms with Crippen LogP contribution in [0.5, 0.6) is 0 Å². The molecule has 0 saturated heterocycles. The van der Waals surface area contributed by atoms with E-state index in [-0.39, 0.29) is 23.8 Å². The minimum Gasteiger partial charge on any atom is -0.452 e. The lowest BCUT2D eigenvalue weighted by Crippen LogP contribution is -2.38. The molecule has 0 aliphatic heterocycles. The first-order valence-corrected chi connectivity index (χ1v) is 8.41. The van der Waals surface area contributed by atoms with Crippen LogP contribution in [0.1, 0.15) is 33.2 Å². The van der Waals surface area contributed by atoms with Crippen LogP contribution in [0.15, 0.2) is 54.6 Å². The number of amides is 2. The molecule has 2 aromatic carbocycles. The maximum Gasteiger partial charge on any atom is 0.338 e. The lowest BCUT2D eigenvalue weighted by atomic mass is 10.0. The number of nitrogens with one attached hydrogen (secondary N) is 2. The molecule has 7 nitrogen and oxygen atoms in total. The van der Waals surface area contributed by atoms with Crippen LogP contribution in [0.2, 0.25) is 0 Å². The number of ether oxygens (including phenoxy) is 1. The van der Waals surface area contributed by atoms with Gasteiger partial charge in [-0.1, -0.05) is 42.5 Å². The average Bonchev–Trinajstić information content (AvgIpc) is 2.71. The van der Waals surface area contributed by atoms with Gasteiger partial charge in [-0.05, 0) is 19.1 Å². The molecule has 0 fully saturated rings. The Morgan fingerprint density at radius 2 is 1.37 bits per heavy atom. The predicted molar refractivity (Wildman–Crippen MR) is 98.3 cm³/mol. The Morgan fingerprint density at radius 3 is 2.00 bits per heavy atom. The van der Waals surface area contributed by atoms with E-state index in [0.717, 1.165) is 0 Å². The fourth-order valence-electron chi connectivity index (χ4n) is 2.22. The molecular weight excluding hydrogens is 348 g/mol. The first-order chi connectivity index (χ1) is 13.0. The molecule has 0 aliphatic rings. The summed E-state index contributed by atoms with van der Waals surface area (Å²) in [5, 5.41) is 4.87. The van der Waals surface area contributed by atoms with Crippen LogP contribution in [0, 0.1) is 0 Å². The lowest BCUT2D eigenvalue weighted by molar-refractivity contribution is -0.127. The molecule has 2 aromatic rings. The van der Waals surface area contributed by atoms with Crippen molar-refractivity contribution in [3.8, 4) is 0 Å². The minimum atomic E-state index is -0.693. The third-order valence-electron chi connectivity index (χ3n) is 3.57. The quantitative estimate of drug-likeness (QED) is 0.541. The van der Waals surface area contributed by atoms with Crippen LogP contribution >= 0.6 is 0 Å². The van der Waals surface area contributed by atoms with Gasteiger partial charge in [-0.25, -0.2) is 4.79 Å². The summed E-state index contributed by atoms with van der Waals surface area (Å²) >= 11 is 0. The van der Waals surface area contributed by atoms with Crippen molar-refractivity contribution < 1.29 is 23.9 Å². The molecule has 0 radical (unpaired) electrons. The van der Waals surface area contributed by atoms with Crippen molar-refractivity contribution >= 4 is 23.6 Å². The number of benzene rings is 2. The highest BCUT2D eigenvalue weighted by Crippen LogP contribution is 2.11. The van der Waals surface area contributed by atoms with Crippen LogP contribution in [-0.2, 0) is 14.3 Å². The Morgan fingerprint density at radius 1 is 0.778 bits per heavy atom. The predicted octanol–water partition coefficient (Wildman–Crippen LogP) is 1.33. The molecule has 2 amide bonds. The third kappa shape index (κ3) is 6.07. The molecule has 0 atom stereocenters. The second-order valence-corrected chi connectivity index (χ2v) is 5.58. The molecular formula is C20H20N2O5. The standard InChI is InChI=1S/C20H20N2O5/c1-2-21-17(23)12-22-18(24)13-27-20(26)16-10-8-15(9-11-16)19(25)14-6-4-3-5-7-14/h3-11H,2,12-13H2,1H3,(H,21,23)(H,22,24). The summed E-state index contributed by atoms with van der Waals surface area (Å²) in [7, 11) is 0. The number of hydrogen-bond acceptors (Lipinski definition) is 5. The second kappa shape index (κ2) is 9.86. The third-order valence-corrected chi connectivity index (χ3v) is 3.57. The molecule has 140 valence electrons. The Hall–Kier alpha value is -3.48. The van der Waals surface area contributed by atoms with E-state index in [2.05, 4.69) is 10.6 Å². The topological polar surface area (TPSA) is 102 Å². The van der Waals surface area contributed by atoms with Crippen LogP contribution in [0.3, 0.4) is 0 Å². The van der Waals surface area contributed by atoms with Crippen molar-refractivity contribution in [1.29, 1.82) is 0 Å². The van der Waals surface area contributed by atoms with Crippen molar-refractivity contribution in [1.82, 2.24) is 10.6 Å². The highest BCUT2D eigenvalue weighted by Gasteiger charge is 2.13. The van der Waals surface area contributed by atoms with Gasteiger partial charge < -0.3 is 15.4 Å². The molecule has 0 bridgehead atoms. The van der Waals surface area contributed by atoms with E-state index in [0.29, 0.717) is 17.7 Å². The average molecular weight is 368 g/mol. The van der Waals surface area contributed by atoms with Crippen LogP contribution < -0.4 is 10.6 Å². The number of carbonyl (C=O) groups excluding carboxylic acids is 4. The van der Waals surface area contributed by atoms with Crippen molar-refractivity contribution in [2.75, 3.05) is 19.7 Å². The number of carbonyl (C=O) groups is 4. The molecule has 0 heterocycles. The van der Waals surface area contributed by atoms with E-state index in [1.165, 1.54) is 24.3 Å². The van der Waals surface area contributed by atoms with Crippen molar-refractivity contribution in [3.63, 3.8) is 0 Å². The molecule has 0 aliphatic carbocycles. The molecule has 0 saturated carbocycles. The van der Waals surface area contributed by atoms with Crippen molar-refractivity contribution in [3.05, 3.63) is 71.3 Å². The van der Waals surface area contributed by atoms with E-state index in [1.54, 1.807) is 31.2 Å². The second-order valence-electron chi connectivity index (χ2n) is 5.58. The van der Waals surface area contributed by atoms with Gasteiger partial charge in [0.2, 0.25) is 5.91 Å². The van der Waals surface area contributed by atoms with Crippen LogP contribution in [0.25, 0.3) is 0 Å². The zero-order valence-electron chi connectivity index (χ0n) is 14.9. The van der Waals surface area contributed by atoms with E-state index in [1.807, 2.05) is 6.07 Å². The van der Waals surface area contributed by atoms with Crippen molar-refractivity contribution in [2.24, 2.45) is 0 Å². The Bertz CT molecular complexity index is 816. The first kappa shape index (κ1) is 19.8. The number of hydrogen-bond donors (Lipinski definition) is 2. The van der Waals surface area contributed by atoms with E-state index < -0.39 is 18.5 Å². The van der Waals surface area contributed by atoms with Gasteiger partial charge >= 0.3 is 5.97 Å². The minimum absolute atomic E-state index is 0.153. The molecule has 2 N–H and O–H groups in total. The lowest BCUT2D eigenvalue weighted by Gasteiger charge is -2.07. The first-order valence-electron chi connectivity index (χ1n) is 8.41. The maximum absolute atomic E-state index is 12.3. The SMILES string of the molecule is CCNC(=O)CNC(=O)COC(=O)c1ccc(C(=O)c2ccccc2)cc1. The van der Waals surface area contributed by atoms with Gasteiger partial charge in [0.05, 0.1) is 12.1 Å². The van der Waals surface area contributed by atoms with Gasteiger partial charge in [-0.3, -0.25) is 14.4 Å². The van der Waals surface area contributed by atoms with Crippen LogP contribution in [0.4, 0.5) is 0 Å². The van der Waals surface area contributed by atoms with E-state index in [4.69, 9.17) is 4.74 Å². The van der Waals surface area contributed by atoms with E-state index >= 15 is 0 Å². The fourth-order valence-corrected chi connectivity index (χ4v) is 2.22. The summed E-state index contributed by atoms with van der Waals surface area (Å²) in [6.45, 7) is 1.55. The summed E-state index contributed by atoms with van der Waals surface area (Å²) < 4.78 is 4.90. The summed E-state index contributed by atoms with van der Waals surface area (Å²) in [6, 6.07) is 14.8. The molecule has 2 rings (SSSR count). The molecule has 27 heavy (non-hydrogen) atoms. The highest BCUT2D eigenvalue weighted by molar-refractivity contribution is 6.09. The van der Waals surface area contributed by atoms with Gasteiger partial charge in [0.15, 0.2) is 12.4 Å². The Labute approximate surface area is 156 Å². The highest BCUT2D eigenvalue weighted by atomic mass is 16.5. The summed E-state index contributed by atoms with van der Waals surface area (Å²) in [4.78, 5) is 47.1. The monoisotopic (exact) mass is 368 g/mol. The zero-order chi connectivity index (χ0) is 19.6. The van der Waals surface area contributed by atoms with Gasteiger partial charge in [-0.2, -0.15) is 0 Å². The molecule has 0 spiro atoms. The zero-order valence-corrected chi connectivity index (χ0v) is 14.9. The largest absolute Gasteiger partial charge is 0.452 e.